The van der Waals surface area contributed by atoms with Crippen LogP contribution in [0, 0.1) is 0 Å². The van der Waals surface area contributed by atoms with Crippen LogP contribution in [0.25, 0.3) is 10.1 Å². The quantitative estimate of drug-likeness (QED) is 0.594. The molecule has 5 nitrogen and oxygen atoms in total. The van der Waals surface area contributed by atoms with Gasteiger partial charge in [-0.25, -0.2) is 4.79 Å². The number of hydrogen-bond acceptors (Lipinski definition) is 5. The van der Waals surface area contributed by atoms with Gasteiger partial charge in [0.1, 0.15) is 4.88 Å². The average Bonchev–Trinajstić information content (AvgIpc) is 3.04. The van der Waals surface area contributed by atoms with E-state index in [4.69, 9.17) is 10.5 Å². The third-order valence-corrected chi connectivity index (χ3v) is 4.22. The summed E-state index contributed by atoms with van der Waals surface area (Å²) in [5.74, 6) is -0.293. The van der Waals surface area contributed by atoms with E-state index < -0.39 is 0 Å². The molecule has 0 bridgehead atoms. The van der Waals surface area contributed by atoms with Crippen LogP contribution in [-0.4, -0.2) is 22.4 Å². The van der Waals surface area contributed by atoms with Gasteiger partial charge in [0.2, 0.25) is 0 Å². The Morgan fingerprint density at radius 3 is 3.05 bits per heavy atom. The zero-order valence-corrected chi connectivity index (χ0v) is 12.4. The number of nitrogens with two attached hydrogens (primary N) is 1. The van der Waals surface area contributed by atoms with Crippen LogP contribution < -0.4 is 5.73 Å². The molecular weight excluding hydrogens is 286 g/mol. The number of aromatic nitrogens is 2. The number of nitrogens with zero attached hydrogens (tertiary/aromatic N) is 2. The summed E-state index contributed by atoms with van der Waals surface area (Å²) < 4.78 is 8.06. The molecule has 0 amide bonds. The number of anilines is 1. The monoisotopic (exact) mass is 301 g/mol. The number of nitrogen functional groups attached to an aromatic ring is 1. The van der Waals surface area contributed by atoms with Crippen LogP contribution in [0.4, 0.5) is 5.69 Å². The number of rotatable bonds is 4. The zero-order chi connectivity index (χ0) is 14.8. The molecule has 2 aromatic heterocycles. The van der Waals surface area contributed by atoms with E-state index in [9.17, 15) is 4.79 Å². The normalized spacial score (nSPS) is 10.9. The lowest BCUT2D eigenvalue weighted by Gasteiger charge is -2.01. The van der Waals surface area contributed by atoms with Crippen molar-refractivity contribution in [3.05, 3.63) is 47.1 Å². The number of carbonyl (C=O) groups is 1. The first-order valence-corrected chi connectivity index (χ1v) is 7.37. The number of benzene rings is 1. The highest BCUT2D eigenvalue weighted by Gasteiger charge is 2.12. The van der Waals surface area contributed by atoms with E-state index in [1.165, 1.54) is 11.3 Å². The van der Waals surface area contributed by atoms with Crippen molar-refractivity contribution in [2.75, 3.05) is 12.3 Å². The van der Waals surface area contributed by atoms with Crippen LogP contribution in [0.1, 0.15) is 15.2 Å². The van der Waals surface area contributed by atoms with Gasteiger partial charge >= 0.3 is 5.97 Å². The SMILES string of the molecule is Cn1cc(CCOC(=O)c2cc3cc(N)ccc3s2)cn1. The molecule has 2 heterocycles. The van der Waals surface area contributed by atoms with Crippen molar-refractivity contribution >= 4 is 33.1 Å². The van der Waals surface area contributed by atoms with Gasteiger partial charge < -0.3 is 10.5 Å². The smallest absolute Gasteiger partial charge is 0.348 e. The number of ether oxygens (including phenoxy) is 1. The van der Waals surface area contributed by atoms with Crippen LogP contribution in [0.3, 0.4) is 0 Å². The topological polar surface area (TPSA) is 70.1 Å². The summed E-state index contributed by atoms with van der Waals surface area (Å²) >= 11 is 1.42. The van der Waals surface area contributed by atoms with Crippen molar-refractivity contribution in [3.8, 4) is 0 Å². The van der Waals surface area contributed by atoms with Crippen molar-refractivity contribution in [3.63, 3.8) is 0 Å². The Labute approximate surface area is 125 Å². The summed E-state index contributed by atoms with van der Waals surface area (Å²) in [4.78, 5) is 12.6. The number of esters is 1. The number of fused-ring (bicyclic) bond motifs is 1. The summed E-state index contributed by atoms with van der Waals surface area (Å²) in [5, 5.41) is 5.05. The Kier molecular flexibility index (Phi) is 3.62. The van der Waals surface area contributed by atoms with Gasteiger partial charge in [0.15, 0.2) is 0 Å². The summed E-state index contributed by atoms with van der Waals surface area (Å²) in [6, 6.07) is 7.43. The molecule has 3 aromatic rings. The molecule has 3 rings (SSSR count). The van der Waals surface area contributed by atoms with E-state index >= 15 is 0 Å². The van der Waals surface area contributed by atoms with Crippen LogP contribution >= 0.6 is 11.3 Å². The number of carbonyl (C=O) groups excluding carboxylic acids is 1. The lowest BCUT2D eigenvalue weighted by atomic mass is 10.2. The fourth-order valence-electron chi connectivity index (χ4n) is 2.10. The van der Waals surface area contributed by atoms with Gasteiger partial charge in [0.25, 0.3) is 0 Å². The van der Waals surface area contributed by atoms with Gasteiger partial charge in [-0.1, -0.05) is 0 Å². The second kappa shape index (κ2) is 5.57. The predicted molar refractivity (Wildman–Crippen MR) is 83.4 cm³/mol. The first kappa shape index (κ1) is 13.6. The van der Waals surface area contributed by atoms with Gasteiger partial charge in [-0.05, 0) is 35.2 Å². The molecule has 0 aliphatic rings. The molecule has 108 valence electrons. The van der Waals surface area contributed by atoms with E-state index in [2.05, 4.69) is 5.10 Å². The minimum atomic E-state index is -0.293. The Bertz CT molecular complexity index is 791. The summed E-state index contributed by atoms with van der Waals surface area (Å²) in [7, 11) is 1.86. The van der Waals surface area contributed by atoms with Crippen molar-refractivity contribution in [1.82, 2.24) is 9.78 Å². The average molecular weight is 301 g/mol. The third-order valence-electron chi connectivity index (χ3n) is 3.12. The van der Waals surface area contributed by atoms with Gasteiger partial charge in [0, 0.05) is 30.1 Å². The van der Waals surface area contributed by atoms with E-state index in [1.54, 1.807) is 10.9 Å². The molecule has 0 aliphatic heterocycles. The van der Waals surface area contributed by atoms with E-state index in [-0.39, 0.29) is 5.97 Å². The maximum Gasteiger partial charge on any atom is 0.348 e. The lowest BCUT2D eigenvalue weighted by molar-refractivity contribution is 0.0515. The number of aryl methyl sites for hydroxylation is 1. The molecule has 2 N–H and O–H groups in total. The fraction of sp³-hybridized carbons (Fsp3) is 0.200. The first-order valence-electron chi connectivity index (χ1n) is 6.55. The Morgan fingerprint density at radius 1 is 1.43 bits per heavy atom. The first-order chi connectivity index (χ1) is 10.1. The second-order valence-electron chi connectivity index (χ2n) is 4.82. The largest absolute Gasteiger partial charge is 0.461 e. The van der Waals surface area contributed by atoms with Crippen LogP contribution in [-0.2, 0) is 18.2 Å². The van der Waals surface area contributed by atoms with Crippen molar-refractivity contribution < 1.29 is 9.53 Å². The molecule has 0 saturated carbocycles. The highest BCUT2D eigenvalue weighted by molar-refractivity contribution is 7.20. The Hall–Kier alpha value is -2.34. The van der Waals surface area contributed by atoms with Crippen molar-refractivity contribution in [2.24, 2.45) is 7.05 Å². The highest BCUT2D eigenvalue weighted by Crippen LogP contribution is 2.27. The van der Waals surface area contributed by atoms with Gasteiger partial charge in [0.05, 0.1) is 12.8 Å². The maximum atomic E-state index is 12.0. The van der Waals surface area contributed by atoms with Gasteiger partial charge in [-0.3, -0.25) is 4.68 Å². The summed E-state index contributed by atoms with van der Waals surface area (Å²) in [5.41, 5.74) is 7.48. The minimum Gasteiger partial charge on any atom is -0.461 e. The Morgan fingerprint density at radius 2 is 2.29 bits per heavy atom. The molecule has 1 aromatic carbocycles. The minimum absolute atomic E-state index is 0.293. The van der Waals surface area contributed by atoms with E-state index in [0.29, 0.717) is 23.6 Å². The molecule has 0 aliphatic carbocycles. The molecule has 0 radical (unpaired) electrons. The van der Waals surface area contributed by atoms with Crippen molar-refractivity contribution in [2.45, 2.75) is 6.42 Å². The molecule has 0 atom stereocenters. The van der Waals surface area contributed by atoms with Crippen LogP contribution in [0.2, 0.25) is 0 Å². The molecular formula is C15H15N3O2S. The standard InChI is InChI=1S/C15H15N3O2S/c1-18-9-10(8-17-18)4-5-20-15(19)14-7-11-6-12(16)2-3-13(11)21-14/h2-3,6-9H,4-5,16H2,1H3. The highest BCUT2D eigenvalue weighted by atomic mass is 32.1. The molecule has 21 heavy (non-hydrogen) atoms. The molecule has 0 saturated heterocycles. The number of hydrogen-bond donors (Lipinski definition) is 1. The summed E-state index contributed by atoms with van der Waals surface area (Å²) in [6.07, 6.45) is 4.35. The lowest BCUT2D eigenvalue weighted by Crippen LogP contribution is -2.06. The molecule has 0 spiro atoms. The Balaban J connectivity index is 1.63. The van der Waals surface area contributed by atoms with E-state index in [1.807, 2.05) is 37.5 Å². The number of thiophene rings is 1. The molecule has 6 heteroatoms. The van der Waals surface area contributed by atoms with Gasteiger partial charge in [-0.15, -0.1) is 11.3 Å². The van der Waals surface area contributed by atoms with Crippen molar-refractivity contribution in [1.29, 1.82) is 0 Å². The third kappa shape index (κ3) is 3.05. The predicted octanol–water partition coefficient (Wildman–Crippen LogP) is 2.62. The van der Waals surface area contributed by atoms with Crippen LogP contribution in [0.15, 0.2) is 36.7 Å². The maximum absolute atomic E-state index is 12.0. The van der Waals surface area contributed by atoms with E-state index in [0.717, 1.165) is 15.6 Å². The summed E-state index contributed by atoms with van der Waals surface area (Å²) in [6.45, 7) is 0.348. The zero-order valence-electron chi connectivity index (χ0n) is 11.6. The second-order valence-corrected chi connectivity index (χ2v) is 5.90. The molecule has 0 fully saturated rings. The fourth-order valence-corrected chi connectivity index (χ4v) is 3.03. The van der Waals surface area contributed by atoms with Crippen LogP contribution in [0.5, 0.6) is 0 Å². The van der Waals surface area contributed by atoms with Gasteiger partial charge in [-0.2, -0.15) is 5.10 Å². The molecule has 0 unspecified atom stereocenters.